The topological polar surface area (TPSA) is 96.9 Å². The molecule has 1 aliphatic rings. The molecule has 0 aliphatic carbocycles. The summed E-state index contributed by atoms with van der Waals surface area (Å²) in [5.41, 5.74) is 10.3. The number of benzene rings is 2. The largest absolute Gasteiger partial charge is 0.507 e. The summed E-state index contributed by atoms with van der Waals surface area (Å²) in [6.07, 6.45) is 4.06. The zero-order valence-corrected chi connectivity index (χ0v) is 18.5. The Bertz CT molecular complexity index is 1150. The quantitative estimate of drug-likeness (QED) is 0.486. The molecule has 0 unspecified atom stereocenters. The van der Waals surface area contributed by atoms with Crippen LogP contribution in [0.25, 0.3) is 22.3 Å². The Morgan fingerprint density at radius 2 is 1.97 bits per heavy atom. The molecule has 1 saturated heterocycles. The zero-order valence-electron chi connectivity index (χ0n) is 18.5. The molecule has 7 nitrogen and oxygen atoms in total. The second kappa shape index (κ2) is 8.41. The normalized spacial score (nSPS) is 15.2. The fourth-order valence-corrected chi connectivity index (χ4v) is 4.09. The van der Waals surface area contributed by atoms with Crippen LogP contribution >= 0.6 is 0 Å². The second-order valence-corrected chi connectivity index (χ2v) is 8.22. The third-order valence-corrected chi connectivity index (χ3v) is 6.12. The number of anilines is 2. The number of fused-ring (bicyclic) bond motifs is 1. The highest BCUT2D eigenvalue weighted by Crippen LogP contribution is 2.38. The maximum Gasteiger partial charge on any atom is 0.224 e. The van der Waals surface area contributed by atoms with Gasteiger partial charge >= 0.3 is 0 Å². The van der Waals surface area contributed by atoms with Crippen LogP contribution < -0.4 is 15.4 Å². The molecule has 3 aromatic rings. The van der Waals surface area contributed by atoms with Crippen LogP contribution in [-0.4, -0.2) is 48.5 Å². The Morgan fingerprint density at radius 3 is 2.65 bits per heavy atom. The third-order valence-electron chi connectivity index (χ3n) is 6.12. The first-order valence-corrected chi connectivity index (χ1v) is 10.6. The van der Waals surface area contributed by atoms with Crippen molar-refractivity contribution in [2.45, 2.75) is 26.7 Å². The first kappa shape index (κ1) is 20.9. The van der Waals surface area contributed by atoms with Crippen LogP contribution in [0, 0.1) is 12.8 Å². The molecule has 0 amide bonds. The molecule has 162 valence electrons. The molecule has 2 aromatic carbocycles. The fourth-order valence-electron chi connectivity index (χ4n) is 4.09. The summed E-state index contributed by atoms with van der Waals surface area (Å²) in [7, 11) is 3.28. The van der Waals surface area contributed by atoms with Crippen molar-refractivity contribution >= 4 is 28.5 Å². The lowest BCUT2D eigenvalue weighted by atomic mass is 9.98. The number of ether oxygens (including phenoxy) is 1. The van der Waals surface area contributed by atoms with Crippen molar-refractivity contribution in [1.29, 1.82) is 0 Å². The van der Waals surface area contributed by atoms with Crippen LogP contribution in [0.2, 0.25) is 0 Å². The summed E-state index contributed by atoms with van der Waals surface area (Å²) < 4.78 is 5.62. The Balaban J connectivity index is 1.82. The van der Waals surface area contributed by atoms with Crippen molar-refractivity contribution < 1.29 is 9.84 Å². The minimum Gasteiger partial charge on any atom is -0.507 e. The van der Waals surface area contributed by atoms with E-state index in [2.05, 4.69) is 33.9 Å². The maximum atomic E-state index is 10.7. The highest BCUT2D eigenvalue weighted by Gasteiger charge is 2.20. The Hall–Kier alpha value is -3.35. The van der Waals surface area contributed by atoms with Crippen molar-refractivity contribution in [2.24, 2.45) is 10.9 Å². The standard InChI is InChI=1S/C24H29N5O2/c1-14-7-9-29(10-8-14)17-5-6-20-18(12-17)24(31-4)28-23(27-20)19-11-16(13-26-3)21(25)15(2)22(19)30/h5-6,11-14,30H,7-10,25H2,1-4H3. The van der Waals surface area contributed by atoms with Gasteiger partial charge in [-0.05, 0) is 49.9 Å². The van der Waals surface area contributed by atoms with E-state index in [-0.39, 0.29) is 5.75 Å². The molecule has 0 spiro atoms. The number of nitrogens with zero attached hydrogens (tertiary/aromatic N) is 4. The van der Waals surface area contributed by atoms with Gasteiger partial charge in [0.25, 0.3) is 0 Å². The third kappa shape index (κ3) is 3.87. The van der Waals surface area contributed by atoms with Gasteiger partial charge in [0, 0.05) is 48.9 Å². The number of methoxy groups -OCH3 is 1. The predicted octanol–water partition coefficient (Wildman–Crippen LogP) is 4.19. The van der Waals surface area contributed by atoms with Gasteiger partial charge in [0.2, 0.25) is 5.88 Å². The van der Waals surface area contributed by atoms with Gasteiger partial charge in [-0.2, -0.15) is 4.98 Å². The number of aromatic nitrogens is 2. The van der Waals surface area contributed by atoms with E-state index in [1.807, 2.05) is 6.07 Å². The summed E-state index contributed by atoms with van der Waals surface area (Å²) in [5, 5.41) is 11.6. The molecule has 1 aromatic heterocycles. The number of hydrogen-bond acceptors (Lipinski definition) is 7. The van der Waals surface area contributed by atoms with Crippen LogP contribution in [0.15, 0.2) is 29.3 Å². The molecular weight excluding hydrogens is 390 g/mol. The molecule has 1 aliphatic heterocycles. The van der Waals surface area contributed by atoms with E-state index in [9.17, 15) is 5.11 Å². The number of rotatable bonds is 4. The van der Waals surface area contributed by atoms with E-state index in [4.69, 9.17) is 15.5 Å². The lowest BCUT2D eigenvalue weighted by Gasteiger charge is -2.32. The van der Waals surface area contributed by atoms with E-state index in [0.717, 1.165) is 35.6 Å². The molecule has 0 bridgehead atoms. The molecule has 7 heteroatoms. The van der Waals surface area contributed by atoms with E-state index in [1.165, 1.54) is 12.8 Å². The van der Waals surface area contributed by atoms with E-state index in [0.29, 0.717) is 34.1 Å². The molecule has 31 heavy (non-hydrogen) atoms. The molecule has 0 atom stereocenters. The number of hydrogen-bond donors (Lipinski definition) is 2. The zero-order chi connectivity index (χ0) is 22.1. The molecule has 0 radical (unpaired) electrons. The first-order chi connectivity index (χ1) is 14.9. The summed E-state index contributed by atoms with van der Waals surface area (Å²) >= 11 is 0. The van der Waals surface area contributed by atoms with Gasteiger partial charge in [-0.3, -0.25) is 4.99 Å². The summed E-state index contributed by atoms with van der Waals surface area (Å²) in [6, 6.07) is 7.94. The van der Waals surface area contributed by atoms with Gasteiger partial charge in [-0.15, -0.1) is 0 Å². The lowest BCUT2D eigenvalue weighted by Crippen LogP contribution is -2.32. The number of piperidine rings is 1. The van der Waals surface area contributed by atoms with Gasteiger partial charge in [-0.1, -0.05) is 6.92 Å². The van der Waals surface area contributed by atoms with Crippen molar-refractivity contribution in [3.63, 3.8) is 0 Å². The van der Waals surface area contributed by atoms with Gasteiger partial charge in [0.15, 0.2) is 5.82 Å². The SMILES string of the molecule is CN=Cc1cc(-c2nc(OC)c3cc(N4CCC(C)CC4)ccc3n2)c(O)c(C)c1N. The van der Waals surface area contributed by atoms with Gasteiger partial charge in [0.1, 0.15) is 5.75 Å². The number of aromatic hydroxyl groups is 1. The summed E-state index contributed by atoms with van der Waals surface area (Å²) in [5.74, 6) is 1.70. The minimum absolute atomic E-state index is 0.0613. The molecule has 2 heterocycles. The van der Waals surface area contributed by atoms with Crippen molar-refractivity contribution in [1.82, 2.24) is 9.97 Å². The van der Waals surface area contributed by atoms with Crippen LogP contribution in [0.3, 0.4) is 0 Å². The molecular formula is C24H29N5O2. The van der Waals surface area contributed by atoms with Gasteiger partial charge < -0.3 is 20.5 Å². The van der Waals surface area contributed by atoms with Crippen LogP contribution in [0.4, 0.5) is 11.4 Å². The molecule has 4 rings (SSSR count). The maximum absolute atomic E-state index is 10.7. The number of aliphatic imine (C=N–C) groups is 1. The van der Waals surface area contributed by atoms with Crippen molar-refractivity contribution in [3.05, 3.63) is 35.4 Å². The van der Waals surface area contributed by atoms with E-state index < -0.39 is 0 Å². The van der Waals surface area contributed by atoms with Crippen LogP contribution in [0.1, 0.15) is 30.9 Å². The van der Waals surface area contributed by atoms with Crippen molar-refractivity contribution in [2.75, 3.05) is 37.9 Å². The monoisotopic (exact) mass is 419 g/mol. The lowest BCUT2D eigenvalue weighted by molar-refractivity contribution is 0.403. The van der Waals surface area contributed by atoms with Crippen molar-refractivity contribution in [3.8, 4) is 23.0 Å². The number of phenolic OH excluding ortho intramolecular Hbond substituents is 1. The second-order valence-electron chi connectivity index (χ2n) is 8.22. The van der Waals surface area contributed by atoms with E-state index >= 15 is 0 Å². The fraction of sp³-hybridized carbons (Fsp3) is 0.375. The average Bonchev–Trinajstić information content (AvgIpc) is 2.79. The number of nitrogen functional groups attached to an aromatic ring is 1. The number of phenols is 1. The summed E-state index contributed by atoms with van der Waals surface area (Å²) in [4.78, 5) is 15.8. The van der Waals surface area contributed by atoms with Crippen LogP contribution in [0.5, 0.6) is 11.6 Å². The minimum atomic E-state index is 0.0613. The Morgan fingerprint density at radius 1 is 1.23 bits per heavy atom. The van der Waals surface area contributed by atoms with Gasteiger partial charge in [-0.25, -0.2) is 4.98 Å². The highest BCUT2D eigenvalue weighted by atomic mass is 16.5. The van der Waals surface area contributed by atoms with E-state index in [1.54, 1.807) is 33.4 Å². The molecule has 0 saturated carbocycles. The first-order valence-electron chi connectivity index (χ1n) is 10.6. The molecule has 1 fully saturated rings. The predicted molar refractivity (Wildman–Crippen MR) is 126 cm³/mol. The highest BCUT2D eigenvalue weighted by molar-refractivity contribution is 5.93. The van der Waals surface area contributed by atoms with Crippen LogP contribution in [-0.2, 0) is 0 Å². The number of nitrogens with two attached hydrogens (primary N) is 1. The Kier molecular flexibility index (Phi) is 5.67. The molecule has 3 N–H and O–H groups in total. The van der Waals surface area contributed by atoms with Gasteiger partial charge in [0.05, 0.1) is 23.6 Å². The smallest absolute Gasteiger partial charge is 0.224 e. The summed E-state index contributed by atoms with van der Waals surface area (Å²) in [6.45, 7) is 6.18. The average molecular weight is 420 g/mol. The Labute approximate surface area is 182 Å².